The monoisotopic (exact) mass is 358 g/mol. The molecule has 0 fully saturated rings. The quantitative estimate of drug-likeness (QED) is 0.445. The predicted molar refractivity (Wildman–Crippen MR) is 106 cm³/mol. The second-order valence-corrected chi connectivity index (χ2v) is 7.59. The van der Waals surface area contributed by atoms with Crippen molar-refractivity contribution in [3.05, 3.63) is 70.8 Å². The molecule has 0 spiro atoms. The third-order valence-electron chi connectivity index (χ3n) is 4.98. The van der Waals surface area contributed by atoms with Crippen LogP contribution in [0.5, 0.6) is 5.75 Å². The van der Waals surface area contributed by atoms with Crippen LogP contribution in [0.15, 0.2) is 58.3 Å². The lowest BCUT2D eigenvalue weighted by molar-refractivity contribution is 0.475. The average molecular weight is 358 g/mol. The molecule has 4 heteroatoms. The van der Waals surface area contributed by atoms with Crippen molar-refractivity contribution in [3.63, 3.8) is 0 Å². The third kappa shape index (κ3) is 2.44. The van der Waals surface area contributed by atoms with Crippen molar-refractivity contribution in [2.24, 2.45) is 0 Å². The molecule has 0 saturated heterocycles. The summed E-state index contributed by atoms with van der Waals surface area (Å²) in [5.74, 6) is 0.251. The number of rotatable bonds is 1. The Morgan fingerprint density at radius 1 is 0.923 bits per heavy atom. The van der Waals surface area contributed by atoms with Crippen LogP contribution in [0, 0.1) is 32.1 Å². The number of phenolic OH excluding ortho intramolecular Hbond substituents is 1. The molecule has 26 heavy (non-hydrogen) atoms. The van der Waals surface area contributed by atoms with Gasteiger partial charge in [-0.25, -0.2) is 0 Å². The number of benzene rings is 3. The van der Waals surface area contributed by atoms with E-state index >= 15 is 0 Å². The first kappa shape index (κ1) is 16.6. The number of phenols is 1. The van der Waals surface area contributed by atoms with Crippen molar-refractivity contribution < 1.29 is 5.11 Å². The molecule has 0 aliphatic carbocycles. The Kier molecular flexibility index (Phi) is 3.90. The molecule has 128 valence electrons. The zero-order chi connectivity index (χ0) is 18.4. The first-order chi connectivity index (χ1) is 12.5. The lowest BCUT2D eigenvalue weighted by atomic mass is 9.99. The van der Waals surface area contributed by atoms with Gasteiger partial charge in [0, 0.05) is 9.79 Å². The summed E-state index contributed by atoms with van der Waals surface area (Å²) in [4.78, 5) is 4.28. The summed E-state index contributed by atoms with van der Waals surface area (Å²) in [6, 6.07) is 17.9. The molecular weight excluding hydrogens is 340 g/mol. The Labute approximate surface area is 157 Å². The normalized spacial score (nSPS) is 12.3. The summed E-state index contributed by atoms with van der Waals surface area (Å²) in [5.41, 5.74) is 6.58. The van der Waals surface area contributed by atoms with E-state index in [1.54, 1.807) is 11.8 Å². The predicted octanol–water partition coefficient (Wildman–Crippen LogP) is 6.12. The molecule has 0 unspecified atom stereocenters. The first-order valence-electron chi connectivity index (χ1n) is 8.42. The maximum atomic E-state index is 10.8. The number of nitrogens with zero attached hydrogens (tertiary/aromatic N) is 2. The van der Waals surface area contributed by atoms with Crippen molar-refractivity contribution >= 4 is 28.8 Å². The van der Waals surface area contributed by atoms with Crippen LogP contribution in [0.2, 0.25) is 0 Å². The van der Waals surface area contributed by atoms with Crippen LogP contribution in [0.4, 0.5) is 17.1 Å². The molecule has 0 radical (unpaired) electrons. The number of hydrogen-bond acceptors (Lipinski definition) is 4. The van der Waals surface area contributed by atoms with Gasteiger partial charge in [-0.1, -0.05) is 23.9 Å². The Hall–Kier alpha value is -2.90. The van der Waals surface area contributed by atoms with E-state index in [0.29, 0.717) is 5.56 Å². The SMILES string of the molecule is Cc1cc(O)c(N2c3ccccc3Sc3ccc(C#N)cc32)c(C)c1C. The fourth-order valence-corrected chi connectivity index (χ4v) is 4.43. The molecule has 1 aliphatic rings. The van der Waals surface area contributed by atoms with Gasteiger partial charge in [-0.15, -0.1) is 0 Å². The molecule has 3 nitrogen and oxygen atoms in total. The molecule has 4 rings (SSSR count). The van der Waals surface area contributed by atoms with Gasteiger partial charge in [0.1, 0.15) is 5.75 Å². The van der Waals surface area contributed by atoms with Crippen LogP contribution in [0.1, 0.15) is 22.3 Å². The Morgan fingerprint density at radius 3 is 2.42 bits per heavy atom. The van der Waals surface area contributed by atoms with Crippen molar-refractivity contribution in [1.29, 1.82) is 5.26 Å². The fraction of sp³-hybridized carbons (Fsp3) is 0.136. The van der Waals surface area contributed by atoms with E-state index in [-0.39, 0.29) is 5.75 Å². The van der Waals surface area contributed by atoms with Crippen LogP contribution in [-0.2, 0) is 0 Å². The molecule has 3 aromatic carbocycles. The van der Waals surface area contributed by atoms with Gasteiger partial charge < -0.3 is 10.0 Å². The van der Waals surface area contributed by atoms with Crippen LogP contribution >= 0.6 is 11.8 Å². The smallest absolute Gasteiger partial charge is 0.140 e. The standard InChI is InChI=1S/C22H18N2OS/c1-13-10-19(25)22(15(3)14(13)2)24-17-6-4-5-7-20(17)26-21-9-8-16(12-23)11-18(21)24/h4-11,25H,1-3H3. The molecule has 0 atom stereocenters. The minimum Gasteiger partial charge on any atom is -0.506 e. The van der Waals surface area contributed by atoms with Gasteiger partial charge in [0.2, 0.25) is 0 Å². The van der Waals surface area contributed by atoms with Gasteiger partial charge in [0.25, 0.3) is 0 Å². The van der Waals surface area contributed by atoms with E-state index in [4.69, 9.17) is 0 Å². The highest BCUT2D eigenvalue weighted by molar-refractivity contribution is 7.99. The Morgan fingerprint density at radius 2 is 1.65 bits per heavy atom. The Bertz CT molecular complexity index is 1080. The van der Waals surface area contributed by atoms with E-state index in [2.05, 4.69) is 30.0 Å². The summed E-state index contributed by atoms with van der Waals surface area (Å²) < 4.78 is 0. The summed E-state index contributed by atoms with van der Waals surface area (Å²) >= 11 is 1.69. The summed E-state index contributed by atoms with van der Waals surface area (Å²) in [5, 5.41) is 20.2. The number of fused-ring (bicyclic) bond motifs is 2. The number of para-hydroxylation sites is 1. The molecule has 0 bridgehead atoms. The van der Waals surface area contributed by atoms with E-state index in [1.165, 1.54) is 0 Å². The van der Waals surface area contributed by atoms with Gasteiger partial charge in [-0.05, 0) is 73.9 Å². The summed E-state index contributed by atoms with van der Waals surface area (Å²) in [7, 11) is 0. The van der Waals surface area contributed by atoms with Crippen molar-refractivity contribution in [2.75, 3.05) is 4.90 Å². The molecule has 1 heterocycles. The molecule has 1 N–H and O–H groups in total. The largest absolute Gasteiger partial charge is 0.506 e. The van der Waals surface area contributed by atoms with Gasteiger partial charge in [0.15, 0.2) is 0 Å². The van der Waals surface area contributed by atoms with Crippen molar-refractivity contribution in [2.45, 2.75) is 30.6 Å². The molecule has 0 saturated carbocycles. The minimum absolute atomic E-state index is 0.251. The summed E-state index contributed by atoms with van der Waals surface area (Å²) in [6.07, 6.45) is 0. The van der Waals surface area contributed by atoms with Crippen molar-refractivity contribution in [1.82, 2.24) is 0 Å². The van der Waals surface area contributed by atoms with Crippen LogP contribution < -0.4 is 4.90 Å². The minimum atomic E-state index is 0.251. The van der Waals surface area contributed by atoms with E-state index < -0.39 is 0 Å². The number of hydrogen-bond donors (Lipinski definition) is 1. The number of aromatic hydroxyl groups is 1. The number of nitriles is 1. The van der Waals surface area contributed by atoms with Gasteiger partial charge in [-0.2, -0.15) is 5.26 Å². The number of aryl methyl sites for hydroxylation is 1. The molecule has 1 aliphatic heterocycles. The highest BCUT2D eigenvalue weighted by Gasteiger charge is 2.28. The third-order valence-corrected chi connectivity index (χ3v) is 6.11. The van der Waals surface area contributed by atoms with Crippen LogP contribution in [0.25, 0.3) is 0 Å². The highest BCUT2D eigenvalue weighted by atomic mass is 32.2. The van der Waals surface area contributed by atoms with Crippen LogP contribution in [0.3, 0.4) is 0 Å². The second-order valence-electron chi connectivity index (χ2n) is 6.51. The lowest BCUT2D eigenvalue weighted by Gasteiger charge is -2.34. The highest BCUT2D eigenvalue weighted by Crippen LogP contribution is 2.54. The lowest BCUT2D eigenvalue weighted by Crippen LogP contribution is -2.17. The van der Waals surface area contributed by atoms with Gasteiger partial charge in [-0.3, -0.25) is 0 Å². The van der Waals surface area contributed by atoms with Gasteiger partial charge >= 0.3 is 0 Å². The number of anilines is 3. The topological polar surface area (TPSA) is 47.3 Å². The average Bonchev–Trinajstić information content (AvgIpc) is 2.65. The zero-order valence-electron chi connectivity index (χ0n) is 14.9. The molecule has 0 aromatic heterocycles. The fourth-order valence-electron chi connectivity index (χ4n) is 3.39. The maximum Gasteiger partial charge on any atom is 0.140 e. The van der Waals surface area contributed by atoms with Crippen LogP contribution in [-0.4, -0.2) is 5.11 Å². The second kappa shape index (κ2) is 6.12. The van der Waals surface area contributed by atoms with Crippen molar-refractivity contribution in [3.8, 4) is 11.8 Å². The first-order valence-corrected chi connectivity index (χ1v) is 9.24. The summed E-state index contributed by atoms with van der Waals surface area (Å²) in [6.45, 7) is 6.12. The molecule has 3 aromatic rings. The maximum absolute atomic E-state index is 10.8. The van der Waals surface area contributed by atoms with Gasteiger partial charge in [0.05, 0.1) is 28.7 Å². The Balaban J connectivity index is 2.06. The van der Waals surface area contributed by atoms with E-state index in [1.807, 2.05) is 50.2 Å². The van der Waals surface area contributed by atoms with E-state index in [9.17, 15) is 10.4 Å². The zero-order valence-corrected chi connectivity index (χ0v) is 15.7. The molecule has 0 amide bonds. The molecular formula is C22H18N2OS. The van der Waals surface area contributed by atoms with E-state index in [0.717, 1.165) is 43.5 Å².